The van der Waals surface area contributed by atoms with Crippen molar-refractivity contribution in [1.82, 2.24) is 0 Å². The third kappa shape index (κ3) is 3.98. The van der Waals surface area contributed by atoms with E-state index in [4.69, 9.17) is 4.74 Å². The van der Waals surface area contributed by atoms with E-state index in [-0.39, 0.29) is 11.5 Å². The van der Waals surface area contributed by atoms with Crippen LogP contribution >= 0.6 is 22.6 Å². The number of anilines is 1. The number of carboxylic acid groups (broad SMARTS) is 1. The molecule has 0 aromatic heterocycles. The lowest BCUT2D eigenvalue weighted by molar-refractivity contribution is -0.142. The number of hydrogen-bond donors (Lipinski definition) is 2. The third-order valence-electron chi connectivity index (χ3n) is 5.02. The minimum atomic E-state index is -1.05. The smallest absolute Gasteiger partial charge is 0.337 e. The molecule has 1 aliphatic heterocycles. The van der Waals surface area contributed by atoms with Gasteiger partial charge in [0.1, 0.15) is 12.1 Å². The van der Waals surface area contributed by atoms with Gasteiger partial charge in [0.05, 0.1) is 11.5 Å². The normalized spacial score (nSPS) is 20.9. The number of rotatable bonds is 5. The van der Waals surface area contributed by atoms with Crippen molar-refractivity contribution >= 4 is 40.2 Å². The monoisotopic (exact) mass is 499 g/mol. The van der Waals surface area contributed by atoms with E-state index >= 15 is 0 Å². The lowest BCUT2D eigenvalue weighted by Crippen LogP contribution is -2.31. The average Bonchev–Trinajstić information content (AvgIpc) is 3.06. The number of cyclic esters (lactones) is 1. The van der Waals surface area contributed by atoms with Gasteiger partial charge in [0, 0.05) is 9.26 Å². The number of ether oxygens (including phenoxy) is 1. The Hall–Kier alpha value is -2.87. The summed E-state index contributed by atoms with van der Waals surface area (Å²) in [7, 11) is 0. The number of benzene rings is 3. The van der Waals surface area contributed by atoms with E-state index in [9.17, 15) is 14.7 Å². The summed E-state index contributed by atoms with van der Waals surface area (Å²) in [6, 6.07) is 23.7. The maximum Gasteiger partial charge on any atom is 0.337 e. The predicted molar refractivity (Wildman–Crippen MR) is 118 cm³/mol. The van der Waals surface area contributed by atoms with Crippen LogP contribution in [0.5, 0.6) is 0 Å². The van der Waals surface area contributed by atoms with Crippen LogP contribution in [0.4, 0.5) is 5.69 Å². The maximum absolute atomic E-state index is 12.9. The van der Waals surface area contributed by atoms with Crippen LogP contribution in [0.1, 0.15) is 33.5 Å². The molecule has 0 amide bonds. The van der Waals surface area contributed by atoms with Crippen molar-refractivity contribution < 1.29 is 19.4 Å². The topological polar surface area (TPSA) is 75.6 Å². The first-order valence-electron chi connectivity index (χ1n) is 9.14. The number of halogens is 1. The van der Waals surface area contributed by atoms with Gasteiger partial charge < -0.3 is 15.2 Å². The summed E-state index contributed by atoms with van der Waals surface area (Å²) >= 11 is 2.07. The SMILES string of the molecule is O=C(O)c1cc(I)ccc1N[C@H]1C(=O)O[C@H](c2ccccc2)[C@H]1c1ccccc1. The van der Waals surface area contributed by atoms with Crippen LogP contribution in [-0.4, -0.2) is 23.1 Å². The van der Waals surface area contributed by atoms with Crippen molar-refractivity contribution in [2.75, 3.05) is 5.32 Å². The molecule has 3 atom stereocenters. The van der Waals surface area contributed by atoms with Crippen molar-refractivity contribution in [3.05, 3.63) is 99.1 Å². The Morgan fingerprint density at radius 3 is 2.17 bits per heavy atom. The summed E-state index contributed by atoms with van der Waals surface area (Å²) in [5.74, 6) is -1.75. The molecular formula is C23H18INO4. The molecule has 0 aliphatic carbocycles. The molecule has 0 bridgehead atoms. The Kier molecular flexibility index (Phi) is 5.53. The average molecular weight is 499 g/mol. The minimum absolute atomic E-state index is 0.125. The summed E-state index contributed by atoms with van der Waals surface area (Å²) < 4.78 is 6.58. The number of aromatic carboxylic acids is 1. The molecule has 0 saturated carbocycles. The van der Waals surface area contributed by atoms with E-state index in [1.54, 1.807) is 12.1 Å². The number of carbonyl (C=O) groups is 2. The molecule has 5 nitrogen and oxygen atoms in total. The fourth-order valence-corrected chi connectivity index (χ4v) is 4.18. The van der Waals surface area contributed by atoms with E-state index in [0.29, 0.717) is 5.69 Å². The fourth-order valence-electron chi connectivity index (χ4n) is 3.69. The molecule has 4 rings (SSSR count). The van der Waals surface area contributed by atoms with Crippen molar-refractivity contribution in [2.24, 2.45) is 0 Å². The van der Waals surface area contributed by atoms with Gasteiger partial charge in [0.25, 0.3) is 0 Å². The number of hydrogen-bond acceptors (Lipinski definition) is 4. The van der Waals surface area contributed by atoms with Crippen molar-refractivity contribution in [3.63, 3.8) is 0 Å². The molecule has 1 fully saturated rings. The van der Waals surface area contributed by atoms with Crippen LogP contribution in [0.2, 0.25) is 0 Å². The second kappa shape index (κ2) is 8.24. The molecule has 3 aromatic carbocycles. The van der Waals surface area contributed by atoms with Crippen molar-refractivity contribution in [1.29, 1.82) is 0 Å². The molecule has 0 unspecified atom stereocenters. The number of esters is 1. The molecule has 6 heteroatoms. The van der Waals surface area contributed by atoms with Crippen LogP contribution in [0, 0.1) is 3.57 Å². The van der Waals surface area contributed by atoms with E-state index in [1.165, 1.54) is 0 Å². The summed E-state index contributed by atoms with van der Waals surface area (Å²) in [5, 5.41) is 12.7. The zero-order valence-corrected chi connectivity index (χ0v) is 17.4. The Bertz CT molecular complexity index is 1040. The summed E-state index contributed by atoms with van der Waals surface area (Å²) in [5.41, 5.74) is 2.38. The van der Waals surface area contributed by atoms with Gasteiger partial charge in [-0.25, -0.2) is 9.59 Å². The third-order valence-corrected chi connectivity index (χ3v) is 5.69. The summed E-state index contributed by atoms with van der Waals surface area (Å²) in [4.78, 5) is 24.6. The van der Waals surface area contributed by atoms with Crippen molar-refractivity contribution in [2.45, 2.75) is 18.1 Å². The van der Waals surface area contributed by atoms with E-state index in [2.05, 4.69) is 27.9 Å². The maximum atomic E-state index is 12.9. The first-order chi connectivity index (χ1) is 14.0. The molecule has 0 radical (unpaired) electrons. The first-order valence-corrected chi connectivity index (χ1v) is 10.2. The second-order valence-corrected chi connectivity index (χ2v) is 8.07. The van der Waals surface area contributed by atoms with Gasteiger partial charge in [-0.15, -0.1) is 0 Å². The van der Waals surface area contributed by atoms with Gasteiger partial charge in [-0.2, -0.15) is 0 Å². The highest BCUT2D eigenvalue weighted by molar-refractivity contribution is 14.1. The molecule has 2 N–H and O–H groups in total. The van der Waals surface area contributed by atoms with Crippen LogP contribution in [-0.2, 0) is 9.53 Å². The fraction of sp³-hybridized carbons (Fsp3) is 0.130. The first kappa shape index (κ1) is 19.4. The largest absolute Gasteiger partial charge is 0.478 e. The Morgan fingerprint density at radius 1 is 0.931 bits per heavy atom. The van der Waals surface area contributed by atoms with Gasteiger partial charge in [-0.05, 0) is 51.9 Å². The Balaban J connectivity index is 1.76. The van der Waals surface area contributed by atoms with Crippen molar-refractivity contribution in [3.8, 4) is 0 Å². The summed E-state index contributed by atoms with van der Waals surface area (Å²) in [6.45, 7) is 0. The highest BCUT2D eigenvalue weighted by atomic mass is 127. The molecule has 29 heavy (non-hydrogen) atoms. The predicted octanol–water partition coefficient (Wildman–Crippen LogP) is 4.85. The van der Waals surface area contributed by atoms with Gasteiger partial charge in [-0.3, -0.25) is 0 Å². The van der Waals surface area contributed by atoms with E-state index in [0.717, 1.165) is 14.7 Å². The number of carboxylic acids is 1. The summed E-state index contributed by atoms with van der Waals surface area (Å²) in [6.07, 6.45) is -0.458. The lowest BCUT2D eigenvalue weighted by Gasteiger charge is -2.23. The number of nitrogens with one attached hydrogen (secondary N) is 1. The van der Waals surface area contributed by atoms with Crippen LogP contribution in [0.25, 0.3) is 0 Å². The number of carbonyl (C=O) groups excluding carboxylic acids is 1. The molecule has 1 aliphatic rings. The molecule has 1 heterocycles. The van der Waals surface area contributed by atoms with Crippen LogP contribution in [0.15, 0.2) is 78.9 Å². The molecule has 146 valence electrons. The van der Waals surface area contributed by atoms with E-state index < -0.39 is 24.1 Å². The molecule has 1 saturated heterocycles. The van der Waals surface area contributed by atoms with Gasteiger partial charge in [0.2, 0.25) is 0 Å². The van der Waals surface area contributed by atoms with Crippen LogP contribution in [0.3, 0.4) is 0 Å². The quantitative estimate of drug-likeness (QED) is 0.388. The second-order valence-electron chi connectivity index (χ2n) is 6.82. The highest BCUT2D eigenvalue weighted by Crippen LogP contribution is 2.43. The Morgan fingerprint density at radius 2 is 1.55 bits per heavy atom. The minimum Gasteiger partial charge on any atom is -0.478 e. The zero-order chi connectivity index (χ0) is 20.4. The van der Waals surface area contributed by atoms with E-state index in [1.807, 2.05) is 66.7 Å². The van der Waals surface area contributed by atoms with Gasteiger partial charge in [-0.1, -0.05) is 60.7 Å². The van der Waals surface area contributed by atoms with Crippen LogP contribution < -0.4 is 5.32 Å². The highest BCUT2D eigenvalue weighted by Gasteiger charge is 2.46. The Labute approximate surface area is 181 Å². The molecule has 3 aromatic rings. The molecular weight excluding hydrogens is 481 g/mol. The lowest BCUT2D eigenvalue weighted by atomic mass is 9.85. The molecule has 0 spiro atoms. The standard InChI is InChI=1S/C23H18INO4/c24-16-11-12-18(17(13-16)22(26)27)25-20-19(14-7-3-1-4-8-14)21(29-23(20)28)15-9-5-2-6-10-15/h1-13,19-21,25H,(H,26,27)/t19-,20+,21+/m0/s1. The van der Waals surface area contributed by atoms with Gasteiger partial charge >= 0.3 is 11.9 Å². The van der Waals surface area contributed by atoms with Gasteiger partial charge in [0.15, 0.2) is 0 Å². The zero-order valence-electron chi connectivity index (χ0n) is 15.3.